The van der Waals surface area contributed by atoms with Crippen molar-refractivity contribution in [2.75, 3.05) is 11.9 Å². The van der Waals surface area contributed by atoms with Gasteiger partial charge in [0.2, 0.25) is 0 Å². The summed E-state index contributed by atoms with van der Waals surface area (Å²) in [6, 6.07) is 6.96. The molecule has 1 aromatic carbocycles. The molecule has 0 fully saturated rings. The number of aryl methyl sites for hydroxylation is 1. The van der Waals surface area contributed by atoms with Crippen molar-refractivity contribution in [3.8, 4) is 0 Å². The molecule has 0 aliphatic heterocycles. The van der Waals surface area contributed by atoms with Crippen LogP contribution in [0.15, 0.2) is 24.3 Å². The molecule has 1 rings (SSSR count). The highest BCUT2D eigenvalue weighted by Crippen LogP contribution is 2.16. The van der Waals surface area contributed by atoms with Crippen molar-refractivity contribution in [2.24, 2.45) is 0 Å². The number of ether oxygens (including phenoxy) is 1. The molecular formula is C12H14F3NO2. The van der Waals surface area contributed by atoms with Crippen LogP contribution < -0.4 is 5.32 Å². The van der Waals surface area contributed by atoms with Crippen LogP contribution >= 0.6 is 0 Å². The van der Waals surface area contributed by atoms with Crippen molar-refractivity contribution in [1.82, 2.24) is 0 Å². The van der Waals surface area contributed by atoms with Gasteiger partial charge in [-0.15, -0.1) is 0 Å². The van der Waals surface area contributed by atoms with E-state index < -0.39 is 24.8 Å². The monoisotopic (exact) mass is 261 g/mol. The number of halogens is 3. The van der Waals surface area contributed by atoms with Crippen LogP contribution in [0, 0.1) is 6.92 Å². The Morgan fingerprint density at radius 1 is 1.44 bits per heavy atom. The minimum Gasteiger partial charge on any atom is -0.359 e. The lowest BCUT2D eigenvalue weighted by Gasteiger charge is -2.14. The summed E-state index contributed by atoms with van der Waals surface area (Å²) in [6.45, 7) is 1.69. The smallest absolute Gasteiger partial charge is 0.359 e. The maximum Gasteiger partial charge on any atom is 0.411 e. The van der Waals surface area contributed by atoms with Gasteiger partial charge in [0.25, 0.3) is 5.91 Å². The molecule has 18 heavy (non-hydrogen) atoms. The molecule has 1 amide bonds. The number of rotatable bonds is 4. The van der Waals surface area contributed by atoms with E-state index in [1.165, 1.54) is 6.92 Å². The Morgan fingerprint density at radius 3 is 2.67 bits per heavy atom. The summed E-state index contributed by atoms with van der Waals surface area (Å²) in [5.41, 5.74) is 1.47. The third-order valence-electron chi connectivity index (χ3n) is 2.15. The van der Waals surface area contributed by atoms with E-state index in [2.05, 4.69) is 10.1 Å². The minimum atomic E-state index is -4.43. The Kier molecular flexibility index (Phi) is 4.72. The molecule has 0 saturated heterocycles. The summed E-state index contributed by atoms with van der Waals surface area (Å²) in [7, 11) is 0. The Bertz CT molecular complexity index is 418. The molecule has 6 heteroatoms. The molecule has 0 saturated carbocycles. The SMILES string of the molecule is Cc1cccc(NC(=O)[C@@H](C)OCC(F)(F)F)c1. The van der Waals surface area contributed by atoms with E-state index in [0.717, 1.165) is 5.56 Å². The van der Waals surface area contributed by atoms with Crippen molar-refractivity contribution in [1.29, 1.82) is 0 Å². The first kappa shape index (κ1) is 14.5. The lowest BCUT2D eigenvalue weighted by Crippen LogP contribution is -2.31. The average Bonchev–Trinajstić information content (AvgIpc) is 2.24. The molecule has 1 atom stereocenters. The second kappa shape index (κ2) is 5.86. The normalized spacial score (nSPS) is 13.2. The van der Waals surface area contributed by atoms with Crippen LogP contribution in [0.1, 0.15) is 12.5 Å². The van der Waals surface area contributed by atoms with Gasteiger partial charge in [-0.25, -0.2) is 0 Å². The fraction of sp³-hybridized carbons (Fsp3) is 0.417. The first-order valence-corrected chi connectivity index (χ1v) is 5.34. The van der Waals surface area contributed by atoms with Gasteiger partial charge in [0.15, 0.2) is 0 Å². The van der Waals surface area contributed by atoms with Gasteiger partial charge in [-0.1, -0.05) is 12.1 Å². The van der Waals surface area contributed by atoms with Gasteiger partial charge >= 0.3 is 6.18 Å². The molecule has 100 valence electrons. The maximum absolute atomic E-state index is 11.9. The highest BCUT2D eigenvalue weighted by molar-refractivity contribution is 5.93. The van der Waals surface area contributed by atoms with E-state index in [1.54, 1.807) is 18.2 Å². The second-order valence-corrected chi connectivity index (χ2v) is 3.93. The third-order valence-corrected chi connectivity index (χ3v) is 2.15. The number of carbonyl (C=O) groups is 1. The number of hydrogen-bond acceptors (Lipinski definition) is 2. The molecule has 0 aliphatic carbocycles. The molecule has 0 spiro atoms. The topological polar surface area (TPSA) is 38.3 Å². The number of anilines is 1. The lowest BCUT2D eigenvalue weighted by atomic mass is 10.2. The second-order valence-electron chi connectivity index (χ2n) is 3.93. The number of amides is 1. The van der Waals surface area contributed by atoms with E-state index in [0.29, 0.717) is 5.69 Å². The first-order chi connectivity index (χ1) is 8.28. The molecule has 3 nitrogen and oxygen atoms in total. The quantitative estimate of drug-likeness (QED) is 0.905. The zero-order valence-corrected chi connectivity index (χ0v) is 10.0. The van der Waals surface area contributed by atoms with Crippen molar-refractivity contribution in [2.45, 2.75) is 26.1 Å². The van der Waals surface area contributed by atoms with Gasteiger partial charge in [-0.05, 0) is 31.5 Å². The zero-order valence-electron chi connectivity index (χ0n) is 10.0. The zero-order chi connectivity index (χ0) is 13.8. The number of benzene rings is 1. The Balaban J connectivity index is 2.50. The molecule has 0 bridgehead atoms. The summed E-state index contributed by atoms with van der Waals surface area (Å²) in [4.78, 5) is 11.5. The molecule has 0 heterocycles. The molecule has 1 N–H and O–H groups in total. The molecule has 1 aromatic rings. The Morgan fingerprint density at radius 2 is 2.11 bits per heavy atom. The van der Waals surface area contributed by atoms with Gasteiger partial charge in [0.05, 0.1) is 0 Å². The predicted molar refractivity (Wildman–Crippen MR) is 61.3 cm³/mol. The van der Waals surface area contributed by atoms with Crippen LogP contribution in [0.5, 0.6) is 0 Å². The number of nitrogens with one attached hydrogen (secondary N) is 1. The molecule has 0 aliphatic rings. The molecule has 0 aromatic heterocycles. The van der Waals surface area contributed by atoms with Crippen LogP contribution in [-0.4, -0.2) is 24.8 Å². The number of hydrogen-bond donors (Lipinski definition) is 1. The molecule has 0 unspecified atom stereocenters. The summed E-state index contributed by atoms with van der Waals surface area (Å²) in [6.07, 6.45) is -5.59. The number of carbonyl (C=O) groups excluding carboxylic acids is 1. The van der Waals surface area contributed by atoms with E-state index in [1.807, 2.05) is 13.0 Å². The van der Waals surface area contributed by atoms with E-state index >= 15 is 0 Å². The van der Waals surface area contributed by atoms with Gasteiger partial charge in [0.1, 0.15) is 12.7 Å². The van der Waals surface area contributed by atoms with Crippen LogP contribution in [0.4, 0.5) is 18.9 Å². The highest BCUT2D eigenvalue weighted by atomic mass is 19.4. The van der Waals surface area contributed by atoms with Crippen molar-refractivity contribution < 1.29 is 22.7 Å². The predicted octanol–water partition coefficient (Wildman–Crippen LogP) is 2.90. The summed E-state index contributed by atoms with van der Waals surface area (Å²) in [5.74, 6) is -0.607. The summed E-state index contributed by atoms with van der Waals surface area (Å²) < 4.78 is 40.1. The van der Waals surface area contributed by atoms with Gasteiger partial charge < -0.3 is 10.1 Å². The van der Waals surface area contributed by atoms with Gasteiger partial charge in [0, 0.05) is 5.69 Å². The van der Waals surface area contributed by atoms with Crippen LogP contribution in [-0.2, 0) is 9.53 Å². The van der Waals surface area contributed by atoms with Crippen LogP contribution in [0.25, 0.3) is 0 Å². The van der Waals surface area contributed by atoms with Gasteiger partial charge in [-0.2, -0.15) is 13.2 Å². The van der Waals surface area contributed by atoms with Crippen LogP contribution in [0.3, 0.4) is 0 Å². The van der Waals surface area contributed by atoms with E-state index in [4.69, 9.17) is 0 Å². The largest absolute Gasteiger partial charge is 0.411 e. The van der Waals surface area contributed by atoms with Gasteiger partial charge in [-0.3, -0.25) is 4.79 Å². The standard InChI is InChI=1S/C12H14F3NO2/c1-8-4-3-5-10(6-8)16-11(17)9(2)18-7-12(13,14)15/h3-6,9H,7H2,1-2H3,(H,16,17)/t9-/m1/s1. The van der Waals surface area contributed by atoms with Crippen LogP contribution in [0.2, 0.25) is 0 Å². The van der Waals surface area contributed by atoms with E-state index in [-0.39, 0.29) is 0 Å². The summed E-state index contributed by atoms with van der Waals surface area (Å²) >= 11 is 0. The highest BCUT2D eigenvalue weighted by Gasteiger charge is 2.29. The fourth-order valence-corrected chi connectivity index (χ4v) is 1.26. The first-order valence-electron chi connectivity index (χ1n) is 5.34. The fourth-order valence-electron chi connectivity index (χ4n) is 1.26. The van der Waals surface area contributed by atoms with Crippen molar-refractivity contribution >= 4 is 11.6 Å². The lowest BCUT2D eigenvalue weighted by molar-refractivity contribution is -0.184. The van der Waals surface area contributed by atoms with E-state index in [9.17, 15) is 18.0 Å². The number of alkyl halides is 3. The Labute approximate surface area is 103 Å². The van der Waals surface area contributed by atoms with Crippen molar-refractivity contribution in [3.63, 3.8) is 0 Å². The maximum atomic E-state index is 11.9. The minimum absolute atomic E-state index is 0.530. The molecular weight excluding hydrogens is 247 g/mol. The van der Waals surface area contributed by atoms with Crippen molar-refractivity contribution in [3.05, 3.63) is 29.8 Å². The average molecular weight is 261 g/mol. The summed E-state index contributed by atoms with van der Waals surface area (Å²) in [5, 5.41) is 2.49. The molecule has 0 radical (unpaired) electrons. The third kappa shape index (κ3) is 5.18. The Hall–Kier alpha value is -1.56.